The summed E-state index contributed by atoms with van der Waals surface area (Å²) in [6.07, 6.45) is 3.90. The number of nitrogens with one attached hydrogen (secondary N) is 1. The lowest BCUT2D eigenvalue weighted by Gasteiger charge is -2.43. The van der Waals surface area contributed by atoms with Crippen LogP contribution in [0.2, 0.25) is 0 Å². The molecule has 0 aliphatic heterocycles. The van der Waals surface area contributed by atoms with Crippen molar-refractivity contribution in [2.45, 2.75) is 45.2 Å². The maximum absolute atomic E-state index is 5.09. The van der Waals surface area contributed by atoms with Crippen molar-refractivity contribution in [3.05, 3.63) is 0 Å². The van der Waals surface area contributed by atoms with Gasteiger partial charge in [-0.3, -0.25) is 0 Å². The molecule has 96 valence electrons. The van der Waals surface area contributed by atoms with Crippen molar-refractivity contribution in [2.24, 2.45) is 5.92 Å². The Bertz CT molecular complexity index is 185. The molecule has 0 heterocycles. The highest BCUT2D eigenvalue weighted by Crippen LogP contribution is 2.30. The highest BCUT2D eigenvalue weighted by atomic mass is 16.5. The lowest BCUT2D eigenvalue weighted by atomic mass is 9.78. The van der Waals surface area contributed by atoms with E-state index in [1.54, 1.807) is 7.11 Å². The first-order chi connectivity index (χ1) is 7.65. The molecule has 2 atom stereocenters. The zero-order valence-corrected chi connectivity index (χ0v) is 11.3. The van der Waals surface area contributed by atoms with Crippen LogP contribution in [0.5, 0.6) is 0 Å². The van der Waals surface area contributed by atoms with Gasteiger partial charge in [-0.05, 0) is 38.8 Å². The third kappa shape index (κ3) is 4.40. The topological polar surface area (TPSA) is 24.5 Å². The minimum Gasteiger partial charge on any atom is -0.385 e. The molecule has 0 spiro atoms. The molecule has 0 aromatic heterocycles. The molecule has 1 aliphatic rings. The van der Waals surface area contributed by atoms with E-state index in [2.05, 4.69) is 31.1 Å². The summed E-state index contributed by atoms with van der Waals surface area (Å²) in [7, 11) is 4.03. The van der Waals surface area contributed by atoms with Crippen LogP contribution in [-0.2, 0) is 4.74 Å². The van der Waals surface area contributed by atoms with E-state index in [1.165, 1.54) is 19.4 Å². The molecule has 0 amide bonds. The van der Waals surface area contributed by atoms with Crippen LogP contribution >= 0.6 is 0 Å². The van der Waals surface area contributed by atoms with Crippen LogP contribution < -0.4 is 5.32 Å². The number of nitrogens with zero attached hydrogens (tertiary/aromatic N) is 1. The van der Waals surface area contributed by atoms with Gasteiger partial charge in [-0.2, -0.15) is 0 Å². The Morgan fingerprint density at radius 2 is 2.12 bits per heavy atom. The smallest absolute Gasteiger partial charge is 0.0474 e. The lowest BCUT2D eigenvalue weighted by molar-refractivity contribution is 0.0735. The molecule has 1 rings (SSSR count). The molecule has 3 heteroatoms. The first kappa shape index (κ1) is 13.9. The summed E-state index contributed by atoms with van der Waals surface area (Å²) in [6.45, 7) is 7.66. The van der Waals surface area contributed by atoms with Gasteiger partial charge >= 0.3 is 0 Å². The molecular formula is C13H28N2O. The van der Waals surface area contributed by atoms with Crippen molar-refractivity contribution in [1.29, 1.82) is 0 Å². The van der Waals surface area contributed by atoms with Crippen LogP contribution in [-0.4, -0.2) is 50.8 Å². The second-order valence-corrected chi connectivity index (χ2v) is 5.29. The molecular weight excluding hydrogens is 200 g/mol. The predicted molar refractivity (Wildman–Crippen MR) is 68.8 cm³/mol. The second kappa shape index (κ2) is 7.25. The van der Waals surface area contributed by atoms with Crippen LogP contribution in [0.4, 0.5) is 0 Å². The van der Waals surface area contributed by atoms with E-state index in [9.17, 15) is 0 Å². The Morgan fingerprint density at radius 3 is 2.62 bits per heavy atom. The fraction of sp³-hybridized carbons (Fsp3) is 1.00. The van der Waals surface area contributed by atoms with Gasteiger partial charge in [0.25, 0.3) is 0 Å². The van der Waals surface area contributed by atoms with Gasteiger partial charge in [-0.25, -0.2) is 0 Å². The standard InChI is InChI=1S/C13H28N2O/c1-11(2)14-10-12-6-7-13(12)15(3)8-5-9-16-4/h11-14H,5-10H2,1-4H3. The number of ether oxygens (including phenoxy) is 1. The number of methoxy groups -OCH3 is 1. The summed E-state index contributed by atoms with van der Waals surface area (Å²) >= 11 is 0. The maximum Gasteiger partial charge on any atom is 0.0474 e. The molecule has 0 aromatic rings. The molecule has 16 heavy (non-hydrogen) atoms. The first-order valence-electron chi connectivity index (χ1n) is 6.57. The minimum absolute atomic E-state index is 0.611. The zero-order valence-electron chi connectivity index (χ0n) is 11.3. The van der Waals surface area contributed by atoms with E-state index in [0.717, 1.165) is 31.5 Å². The monoisotopic (exact) mass is 228 g/mol. The van der Waals surface area contributed by atoms with Gasteiger partial charge in [0.05, 0.1) is 0 Å². The molecule has 0 bridgehead atoms. The molecule has 0 radical (unpaired) electrons. The maximum atomic E-state index is 5.09. The highest BCUT2D eigenvalue weighted by molar-refractivity contribution is 4.89. The molecule has 0 aromatic carbocycles. The van der Waals surface area contributed by atoms with E-state index >= 15 is 0 Å². The van der Waals surface area contributed by atoms with E-state index < -0.39 is 0 Å². The van der Waals surface area contributed by atoms with E-state index in [-0.39, 0.29) is 0 Å². The average Bonchev–Trinajstić information content (AvgIpc) is 2.16. The minimum atomic E-state index is 0.611. The average molecular weight is 228 g/mol. The van der Waals surface area contributed by atoms with Crippen LogP contribution in [0.1, 0.15) is 33.1 Å². The Balaban J connectivity index is 2.15. The molecule has 1 fully saturated rings. The van der Waals surface area contributed by atoms with Crippen molar-refractivity contribution in [3.8, 4) is 0 Å². The van der Waals surface area contributed by atoms with Crippen molar-refractivity contribution >= 4 is 0 Å². The van der Waals surface area contributed by atoms with Crippen LogP contribution in [0.25, 0.3) is 0 Å². The third-order valence-electron chi connectivity index (χ3n) is 3.59. The summed E-state index contributed by atoms with van der Waals surface area (Å²) in [5, 5.41) is 3.55. The third-order valence-corrected chi connectivity index (χ3v) is 3.59. The van der Waals surface area contributed by atoms with E-state index in [1.807, 2.05) is 0 Å². The summed E-state index contributed by atoms with van der Waals surface area (Å²) < 4.78 is 5.09. The van der Waals surface area contributed by atoms with Gasteiger partial charge in [-0.15, -0.1) is 0 Å². The molecule has 3 nitrogen and oxygen atoms in total. The van der Waals surface area contributed by atoms with Crippen LogP contribution in [0.15, 0.2) is 0 Å². The van der Waals surface area contributed by atoms with E-state index in [4.69, 9.17) is 4.74 Å². The Hall–Kier alpha value is -0.120. The summed E-state index contributed by atoms with van der Waals surface area (Å²) in [5.74, 6) is 0.856. The summed E-state index contributed by atoms with van der Waals surface area (Å²) in [5.41, 5.74) is 0. The Labute approximate surface area is 101 Å². The van der Waals surface area contributed by atoms with Crippen LogP contribution in [0.3, 0.4) is 0 Å². The Kier molecular flexibility index (Phi) is 6.32. The second-order valence-electron chi connectivity index (χ2n) is 5.29. The molecule has 0 saturated heterocycles. The van der Waals surface area contributed by atoms with Gasteiger partial charge in [0, 0.05) is 32.3 Å². The van der Waals surface area contributed by atoms with E-state index in [0.29, 0.717) is 6.04 Å². The summed E-state index contributed by atoms with van der Waals surface area (Å²) in [6, 6.07) is 1.41. The largest absolute Gasteiger partial charge is 0.385 e. The highest BCUT2D eigenvalue weighted by Gasteiger charge is 2.33. The van der Waals surface area contributed by atoms with Crippen molar-refractivity contribution < 1.29 is 4.74 Å². The first-order valence-corrected chi connectivity index (χ1v) is 6.57. The van der Waals surface area contributed by atoms with Crippen molar-refractivity contribution in [1.82, 2.24) is 10.2 Å². The van der Waals surface area contributed by atoms with Gasteiger partial charge in [0.1, 0.15) is 0 Å². The normalized spacial score (nSPS) is 25.1. The van der Waals surface area contributed by atoms with Gasteiger partial charge < -0.3 is 15.0 Å². The van der Waals surface area contributed by atoms with Crippen molar-refractivity contribution in [3.63, 3.8) is 0 Å². The number of hydrogen-bond donors (Lipinski definition) is 1. The SMILES string of the molecule is COCCCN(C)C1CCC1CNC(C)C. The zero-order chi connectivity index (χ0) is 12.0. The fourth-order valence-corrected chi connectivity index (χ4v) is 2.38. The molecule has 1 N–H and O–H groups in total. The number of rotatable bonds is 8. The number of hydrogen-bond acceptors (Lipinski definition) is 3. The quantitative estimate of drug-likeness (QED) is 0.640. The summed E-state index contributed by atoms with van der Waals surface area (Å²) in [4.78, 5) is 2.51. The fourth-order valence-electron chi connectivity index (χ4n) is 2.38. The van der Waals surface area contributed by atoms with Gasteiger partial charge in [0.2, 0.25) is 0 Å². The molecule has 1 aliphatic carbocycles. The van der Waals surface area contributed by atoms with Gasteiger partial charge in [-0.1, -0.05) is 13.8 Å². The van der Waals surface area contributed by atoms with Crippen LogP contribution in [0, 0.1) is 5.92 Å². The molecule has 2 unspecified atom stereocenters. The predicted octanol–water partition coefficient (Wildman–Crippen LogP) is 1.73. The lowest BCUT2D eigenvalue weighted by Crippen LogP contribution is -2.50. The Morgan fingerprint density at radius 1 is 1.38 bits per heavy atom. The van der Waals surface area contributed by atoms with Gasteiger partial charge in [0.15, 0.2) is 0 Å². The van der Waals surface area contributed by atoms with Crippen molar-refractivity contribution in [2.75, 3.05) is 33.9 Å². The molecule has 1 saturated carbocycles.